The van der Waals surface area contributed by atoms with Gasteiger partial charge in [-0.1, -0.05) is 12.1 Å². The third kappa shape index (κ3) is 3.07. The number of hydrogen-bond donors (Lipinski definition) is 0. The van der Waals surface area contributed by atoms with Gasteiger partial charge in [-0.05, 0) is 69.0 Å². The van der Waals surface area contributed by atoms with Gasteiger partial charge in [0, 0.05) is 10.7 Å². The van der Waals surface area contributed by atoms with E-state index in [2.05, 4.69) is 42.9 Å². The molecule has 0 spiro atoms. The molecule has 0 amide bonds. The Labute approximate surface area is 117 Å². The second-order valence-electron chi connectivity index (χ2n) is 3.81. The lowest BCUT2D eigenvalue weighted by atomic mass is 10.1. The largest absolute Gasteiger partial charge is 0.438 e. The van der Waals surface area contributed by atoms with E-state index < -0.39 is 0 Å². The average molecular weight is 357 g/mol. The van der Waals surface area contributed by atoms with Crippen LogP contribution in [0.3, 0.4) is 0 Å². The fourth-order valence-electron chi connectivity index (χ4n) is 1.40. The molecule has 17 heavy (non-hydrogen) atoms. The van der Waals surface area contributed by atoms with Gasteiger partial charge in [0.15, 0.2) is 0 Å². The monoisotopic (exact) mass is 355 g/mol. The van der Waals surface area contributed by atoms with Crippen molar-refractivity contribution in [3.05, 3.63) is 50.5 Å². The number of rotatable bonds is 2. The third-order valence-corrected chi connectivity index (χ3v) is 3.33. The molecule has 1 heterocycles. The first-order chi connectivity index (χ1) is 8.06. The van der Waals surface area contributed by atoms with Crippen molar-refractivity contribution in [3.63, 3.8) is 0 Å². The molecule has 2 aromatic rings. The predicted molar refractivity (Wildman–Crippen MR) is 75.6 cm³/mol. The summed E-state index contributed by atoms with van der Waals surface area (Å²) in [4.78, 5) is 4.23. The Morgan fingerprint density at radius 1 is 1.12 bits per heavy atom. The number of hydrogen-bond acceptors (Lipinski definition) is 2. The van der Waals surface area contributed by atoms with Crippen molar-refractivity contribution in [1.29, 1.82) is 0 Å². The van der Waals surface area contributed by atoms with Crippen LogP contribution in [-0.4, -0.2) is 4.98 Å². The van der Waals surface area contributed by atoms with Gasteiger partial charge in [-0.2, -0.15) is 0 Å². The van der Waals surface area contributed by atoms with Gasteiger partial charge in [-0.15, -0.1) is 0 Å². The molecule has 0 N–H and O–H groups in total. The van der Waals surface area contributed by atoms with E-state index in [1.54, 1.807) is 6.20 Å². The maximum atomic E-state index is 5.80. The van der Waals surface area contributed by atoms with Crippen LogP contribution in [0.2, 0.25) is 0 Å². The zero-order valence-electron chi connectivity index (χ0n) is 9.50. The SMILES string of the molecule is Cc1ccc(C)c(Oc2ncc(Br)cc2Br)c1. The Balaban J connectivity index is 2.34. The van der Waals surface area contributed by atoms with Crippen LogP contribution in [0, 0.1) is 13.8 Å². The van der Waals surface area contributed by atoms with Gasteiger partial charge >= 0.3 is 0 Å². The Morgan fingerprint density at radius 3 is 2.59 bits per heavy atom. The summed E-state index contributed by atoms with van der Waals surface area (Å²) in [7, 11) is 0. The summed E-state index contributed by atoms with van der Waals surface area (Å²) in [6.45, 7) is 4.05. The number of nitrogens with zero attached hydrogens (tertiary/aromatic N) is 1. The van der Waals surface area contributed by atoms with Crippen molar-refractivity contribution in [2.24, 2.45) is 0 Å². The van der Waals surface area contributed by atoms with Gasteiger partial charge in [0.25, 0.3) is 0 Å². The normalized spacial score (nSPS) is 10.4. The highest BCUT2D eigenvalue weighted by atomic mass is 79.9. The van der Waals surface area contributed by atoms with E-state index in [9.17, 15) is 0 Å². The molecular formula is C13H11Br2NO. The van der Waals surface area contributed by atoms with Crippen LogP contribution in [0.25, 0.3) is 0 Å². The minimum Gasteiger partial charge on any atom is -0.438 e. The molecule has 0 bridgehead atoms. The molecule has 0 atom stereocenters. The second kappa shape index (κ2) is 5.19. The number of halogens is 2. The smallest absolute Gasteiger partial charge is 0.233 e. The van der Waals surface area contributed by atoms with Crippen molar-refractivity contribution >= 4 is 31.9 Å². The molecule has 0 saturated carbocycles. The first-order valence-corrected chi connectivity index (χ1v) is 6.71. The van der Waals surface area contributed by atoms with Crippen LogP contribution in [0.1, 0.15) is 11.1 Å². The van der Waals surface area contributed by atoms with Gasteiger partial charge in [-0.3, -0.25) is 0 Å². The fourth-order valence-corrected chi connectivity index (χ4v) is 2.47. The van der Waals surface area contributed by atoms with Crippen LogP contribution in [0.5, 0.6) is 11.6 Å². The molecule has 2 nitrogen and oxygen atoms in total. The molecular weight excluding hydrogens is 346 g/mol. The highest BCUT2D eigenvalue weighted by Crippen LogP contribution is 2.31. The quantitative estimate of drug-likeness (QED) is 0.754. The first kappa shape index (κ1) is 12.6. The number of pyridine rings is 1. The standard InChI is InChI=1S/C13H11Br2NO/c1-8-3-4-9(2)12(5-8)17-13-11(15)6-10(14)7-16-13/h3-7H,1-2H3. The molecule has 1 aromatic carbocycles. The number of aryl methyl sites for hydroxylation is 2. The van der Waals surface area contributed by atoms with Crippen LogP contribution in [0.15, 0.2) is 39.4 Å². The molecule has 0 aliphatic heterocycles. The van der Waals surface area contributed by atoms with Gasteiger partial charge < -0.3 is 4.74 Å². The minimum atomic E-state index is 0.571. The Bertz CT molecular complexity index is 555. The second-order valence-corrected chi connectivity index (χ2v) is 5.58. The van der Waals surface area contributed by atoms with Crippen molar-refractivity contribution < 1.29 is 4.74 Å². The Morgan fingerprint density at radius 2 is 1.88 bits per heavy atom. The summed E-state index contributed by atoms with van der Waals surface area (Å²) in [5, 5.41) is 0. The van der Waals surface area contributed by atoms with E-state index in [-0.39, 0.29) is 0 Å². The van der Waals surface area contributed by atoms with Gasteiger partial charge in [0.05, 0.1) is 4.47 Å². The molecule has 4 heteroatoms. The minimum absolute atomic E-state index is 0.571. The summed E-state index contributed by atoms with van der Waals surface area (Å²) >= 11 is 6.79. The summed E-state index contributed by atoms with van der Waals surface area (Å²) in [5.74, 6) is 1.41. The topological polar surface area (TPSA) is 22.1 Å². The van der Waals surface area contributed by atoms with Gasteiger partial charge in [-0.25, -0.2) is 4.98 Å². The molecule has 0 aliphatic rings. The van der Waals surface area contributed by atoms with Gasteiger partial charge in [0.1, 0.15) is 5.75 Å². The molecule has 1 aromatic heterocycles. The lowest BCUT2D eigenvalue weighted by molar-refractivity contribution is 0.455. The maximum Gasteiger partial charge on any atom is 0.233 e. The Kier molecular flexibility index (Phi) is 3.84. The van der Waals surface area contributed by atoms with E-state index in [1.807, 2.05) is 32.0 Å². The lowest BCUT2D eigenvalue weighted by Gasteiger charge is -2.10. The Hall–Kier alpha value is -0.870. The third-order valence-electron chi connectivity index (χ3n) is 2.32. The molecule has 0 unspecified atom stereocenters. The van der Waals surface area contributed by atoms with E-state index in [0.29, 0.717) is 5.88 Å². The summed E-state index contributed by atoms with van der Waals surface area (Å²) in [5.41, 5.74) is 2.26. The van der Waals surface area contributed by atoms with Crippen LogP contribution < -0.4 is 4.74 Å². The van der Waals surface area contributed by atoms with Crippen LogP contribution in [-0.2, 0) is 0 Å². The number of benzene rings is 1. The van der Waals surface area contributed by atoms with Crippen molar-refractivity contribution in [3.8, 4) is 11.6 Å². The van der Waals surface area contributed by atoms with Crippen LogP contribution in [0.4, 0.5) is 0 Å². The summed E-state index contributed by atoms with van der Waals surface area (Å²) < 4.78 is 7.54. The summed E-state index contributed by atoms with van der Waals surface area (Å²) in [6.07, 6.45) is 1.71. The molecule has 0 aliphatic carbocycles. The molecule has 2 rings (SSSR count). The highest BCUT2D eigenvalue weighted by Gasteiger charge is 2.07. The first-order valence-electron chi connectivity index (χ1n) is 5.12. The van der Waals surface area contributed by atoms with Crippen molar-refractivity contribution in [2.75, 3.05) is 0 Å². The molecule has 0 saturated heterocycles. The van der Waals surface area contributed by atoms with E-state index in [4.69, 9.17) is 4.74 Å². The van der Waals surface area contributed by atoms with Gasteiger partial charge in [0.2, 0.25) is 5.88 Å². The predicted octanol–water partition coefficient (Wildman–Crippen LogP) is 5.02. The molecule has 0 fully saturated rings. The van der Waals surface area contributed by atoms with Crippen molar-refractivity contribution in [2.45, 2.75) is 13.8 Å². The zero-order valence-corrected chi connectivity index (χ0v) is 12.7. The average Bonchev–Trinajstić information content (AvgIpc) is 2.27. The van der Waals surface area contributed by atoms with E-state index in [1.165, 1.54) is 5.56 Å². The number of ether oxygens (including phenoxy) is 1. The fraction of sp³-hybridized carbons (Fsp3) is 0.154. The molecule has 0 radical (unpaired) electrons. The molecule has 88 valence electrons. The van der Waals surface area contributed by atoms with E-state index >= 15 is 0 Å². The zero-order chi connectivity index (χ0) is 12.4. The van der Waals surface area contributed by atoms with E-state index in [0.717, 1.165) is 20.3 Å². The maximum absolute atomic E-state index is 5.80. The van der Waals surface area contributed by atoms with Crippen molar-refractivity contribution in [1.82, 2.24) is 4.98 Å². The highest BCUT2D eigenvalue weighted by molar-refractivity contribution is 9.11. The van der Waals surface area contributed by atoms with Crippen LogP contribution >= 0.6 is 31.9 Å². The number of aromatic nitrogens is 1. The summed E-state index contributed by atoms with van der Waals surface area (Å²) in [6, 6.07) is 8.02. The lowest BCUT2D eigenvalue weighted by Crippen LogP contribution is -1.92.